The number of nitrogens with one attached hydrogen (secondary N) is 1. The number of hydrogen-bond acceptors (Lipinski definition) is 1. The second-order valence-corrected chi connectivity index (χ2v) is 4.73. The molecule has 0 radical (unpaired) electrons. The molecule has 3 heteroatoms. The van der Waals surface area contributed by atoms with Gasteiger partial charge in [-0.3, -0.25) is 4.79 Å². The van der Waals surface area contributed by atoms with E-state index in [1.54, 1.807) is 12.1 Å². The van der Waals surface area contributed by atoms with E-state index in [9.17, 15) is 9.18 Å². The fourth-order valence-corrected chi connectivity index (χ4v) is 1.99. The van der Waals surface area contributed by atoms with Gasteiger partial charge in [-0.15, -0.1) is 0 Å². The van der Waals surface area contributed by atoms with Crippen molar-refractivity contribution in [3.63, 3.8) is 0 Å². The van der Waals surface area contributed by atoms with Gasteiger partial charge >= 0.3 is 0 Å². The molecule has 0 saturated heterocycles. The molecular formula is C17H18FNO. The van der Waals surface area contributed by atoms with Gasteiger partial charge in [0.2, 0.25) is 5.91 Å². The number of anilines is 1. The lowest BCUT2D eigenvalue weighted by molar-refractivity contribution is -0.116. The Balaban J connectivity index is 1.85. The second-order valence-electron chi connectivity index (χ2n) is 4.73. The van der Waals surface area contributed by atoms with Crippen molar-refractivity contribution in [2.24, 2.45) is 0 Å². The van der Waals surface area contributed by atoms with Crippen LogP contribution < -0.4 is 5.32 Å². The zero-order valence-electron chi connectivity index (χ0n) is 11.5. The minimum atomic E-state index is -0.349. The van der Waals surface area contributed by atoms with Crippen LogP contribution in [0.15, 0.2) is 48.5 Å². The fourth-order valence-electron chi connectivity index (χ4n) is 1.99. The smallest absolute Gasteiger partial charge is 0.224 e. The van der Waals surface area contributed by atoms with E-state index in [-0.39, 0.29) is 11.7 Å². The van der Waals surface area contributed by atoms with Crippen LogP contribution in [0.2, 0.25) is 0 Å². The molecule has 0 heterocycles. The molecule has 20 heavy (non-hydrogen) atoms. The molecular weight excluding hydrogens is 253 g/mol. The third-order valence-corrected chi connectivity index (χ3v) is 3.18. The zero-order valence-corrected chi connectivity index (χ0v) is 11.5. The van der Waals surface area contributed by atoms with Crippen LogP contribution in [0.5, 0.6) is 0 Å². The van der Waals surface area contributed by atoms with Gasteiger partial charge in [0, 0.05) is 12.1 Å². The monoisotopic (exact) mass is 271 g/mol. The minimum absolute atomic E-state index is 0.102. The van der Waals surface area contributed by atoms with Crippen LogP contribution in [0, 0.1) is 5.82 Å². The molecule has 2 rings (SSSR count). The molecule has 2 nitrogen and oxygen atoms in total. The third kappa shape index (κ3) is 4.19. The number of halogens is 1. The molecule has 0 aliphatic heterocycles. The summed E-state index contributed by atoms with van der Waals surface area (Å²) in [7, 11) is 0. The molecule has 0 fully saturated rings. The van der Waals surface area contributed by atoms with Gasteiger partial charge in [-0.2, -0.15) is 0 Å². The highest BCUT2D eigenvalue weighted by Crippen LogP contribution is 2.11. The Morgan fingerprint density at radius 1 is 1.10 bits per heavy atom. The summed E-state index contributed by atoms with van der Waals surface area (Å²) in [5, 5.41) is 2.70. The molecule has 1 amide bonds. The SMILES string of the molecule is CCc1ccc(CCC(=O)Nc2cccc(F)c2)cc1. The van der Waals surface area contributed by atoms with Gasteiger partial charge < -0.3 is 5.32 Å². The topological polar surface area (TPSA) is 29.1 Å². The normalized spacial score (nSPS) is 10.3. The summed E-state index contributed by atoms with van der Waals surface area (Å²) < 4.78 is 13.0. The molecule has 0 aromatic heterocycles. The first-order valence-electron chi connectivity index (χ1n) is 6.80. The van der Waals surface area contributed by atoms with Crippen LogP contribution in [-0.4, -0.2) is 5.91 Å². The average molecular weight is 271 g/mol. The molecule has 0 bridgehead atoms. The first-order chi connectivity index (χ1) is 9.67. The molecule has 2 aromatic rings. The van der Waals surface area contributed by atoms with Crippen molar-refractivity contribution in [2.45, 2.75) is 26.2 Å². The quantitative estimate of drug-likeness (QED) is 0.876. The lowest BCUT2D eigenvalue weighted by Gasteiger charge is -2.06. The number of amides is 1. The van der Waals surface area contributed by atoms with Gasteiger partial charge in [0.1, 0.15) is 5.82 Å². The van der Waals surface area contributed by atoms with Crippen molar-refractivity contribution in [1.82, 2.24) is 0 Å². The molecule has 1 N–H and O–H groups in total. The van der Waals surface area contributed by atoms with Gasteiger partial charge in [0.05, 0.1) is 0 Å². The standard InChI is InChI=1S/C17H18FNO/c1-2-13-6-8-14(9-7-13)10-11-17(20)19-16-5-3-4-15(18)12-16/h3-9,12H,2,10-11H2,1H3,(H,19,20). The molecule has 0 atom stereocenters. The highest BCUT2D eigenvalue weighted by molar-refractivity contribution is 5.90. The van der Waals surface area contributed by atoms with E-state index < -0.39 is 0 Å². The summed E-state index contributed by atoms with van der Waals surface area (Å²) in [6.07, 6.45) is 2.09. The van der Waals surface area contributed by atoms with Crippen LogP contribution in [0.25, 0.3) is 0 Å². The van der Waals surface area contributed by atoms with Gasteiger partial charge in [-0.05, 0) is 42.2 Å². The van der Waals surface area contributed by atoms with E-state index in [0.717, 1.165) is 12.0 Å². The fraction of sp³-hybridized carbons (Fsp3) is 0.235. The highest BCUT2D eigenvalue weighted by atomic mass is 19.1. The molecule has 0 spiro atoms. The number of hydrogen-bond donors (Lipinski definition) is 1. The summed E-state index contributed by atoms with van der Waals surface area (Å²) in [4.78, 5) is 11.8. The summed E-state index contributed by atoms with van der Waals surface area (Å²) >= 11 is 0. The maximum absolute atomic E-state index is 13.0. The van der Waals surface area contributed by atoms with Crippen LogP contribution >= 0.6 is 0 Å². The summed E-state index contributed by atoms with van der Waals surface area (Å²) in [6.45, 7) is 2.11. The van der Waals surface area contributed by atoms with Crippen molar-refractivity contribution >= 4 is 11.6 Å². The van der Waals surface area contributed by atoms with Crippen LogP contribution in [0.3, 0.4) is 0 Å². The number of benzene rings is 2. The number of carbonyl (C=O) groups excluding carboxylic acids is 1. The first-order valence-corrected chi connectivity index (χ1v) is 6.80. The predicted octanol–water partition coefficient (Wildman–Crippen LogP) is 3.96. The number of rotatable bonds is 5. The van der Waals surface area contributed by atoms with E-state index in [1.165, 1.54) is 17.7 Å². The Hall–Kier alpha value is -2.16. The Morgan fingerprint density at radius 2 is 1.80 bits per heavy atom. The van der Waals surface area contributed by atoms with Gasteiger partial charge in [0.15, 0.2) is 0 Å². The highest BCUT2D eigenvalue weighted by Gasteiger charge is 2.04. The lowest BCUT2D eigenvalue weighted by atomic mass is 10.1. The van der Waals surface area contributed by atoms with Crippen LogP contribution in [-0.2, 0) is 17.6 Å². The Morgan fingerprint density at radius 3 is 2.45 bits per heavy atom. The summed E-state index contributed by atoms with van der Waals surface area (Å²) in [5.74, 6) is -0.451. The van der Waals surface area contributed by atoms with E-state index in [0.29, 0.717) is 18.5 Å². The molecule has 104 valence electrons. The molecule has 0 unspecified atom stereocenters. The number of carbonyl (C=O) groups is 1. The summed E-state index contributed by atoms with van der Waals surface area (Å²) in [6, 6.07) is 14.2. The second kappa shape index (κ2) is 6.85. The third-order valence-electron chi connectivity index (χ3n) is 3.18. The van der Waals surface area contributed by atoms with E-state index in [1.807, 2.05) is 12.1 Å². The van der Waals surface area contributed by atoms with E-state index >= 15 is 0 Å². The Labute approximate surface area is 118 Å². The maximum atomic E-state index is 13.0. The Bertz CT molecular complexity index is 578. The zero-order chi connectivity index (χ0) is 14.4. The maximum Gasteiger partial charge on any atom is 0.224 e. The van der Waals surface area contributed by atoms with Crippen molar-refractivity contribution in [1.29, 1.82) is 0 Å². The predicted molar refractivity (Wildman–Crippen MR) is 79.2 cm³/mol. The molecule has 0 aliphatic carbocycles. The lowest BCUT2D eigenvalue weighted by Crippen LogP contribution is -2.12. The van der Waals surface area contributed by atoms with E-state index in [2.05, 4.69) is 24.4 Å². The van der Waals surface area contributed by atoms with Crippen molar-refractivity contribution in [2.75, 3.05) is 5.32 Å². The average Bonchev–Trinajstić information content (AvgIpc) is 2.46. The Kier molecular flexibility index (Phi) is 4.88. The van der Waals surface area contributed by atoms with E-state index in [4.69, 9.17) is 0 Å². The van der Waals surface area contributed by atoms with Gasteiger partial charge in [-0.1, -0.05) is 37.3 Å². The van der Waals surface area contributed by atoms with Crippen molar-refractivity contribution in [3.8, 4) is 0 Å². The number of aryl methyl sites for hydroxylation is 2. The van der Waals surface area contributed by atoms with Crippen molar-refractivity contribution in [3.05, 3.63) is 65.5 Å². The van der Waals surface area contributed by atoms with Crippen molar-refractivity contribution < 1.29 is 9.18 Å². The molecule has 0 saturated carbocycles. The molecule has 0 aliphatic rings. The largest absolute Gasteiger partial charge is 0.326 e. The summed E-state index contributed by atoms with van der Waals surface area (Å²) in [5.41, 5.74) is 2.92. The van der Waals surface area contributed by atoms with Crippen LogP contribution in [0.1, 0.15) is 24.5 Å². The molecule has 2 aromatic carbocycles. The first kappa shape index (κ1) is 14.3. The van der Waals surface area contributed by atoms with Crippen LogP contribution in [0.4, 0.5) is 10.1 Å². The van der Waals surface area contributed by atoms with Gasteiger partial charge in [-0.25, -0.2) is 4.39 Å². The van der Waals surface area contributed by atoms with Gasteiger partial charge in [0.25, 0.3) is 0 Å². The minimum Gasteiger partial charge on any atom is -0.326 e.